The summed E-state index contributed by atoms with van der Waals surface area (Å²) in [7, 11) is 3.41. The number of unbranched alkanes of at least 4 members (excludes halogenated alkanes) is 1. The van der Waals surface area contributed by atoms with Crippen molar-refractivity contribution >= 4 is 5.69 Å². The first-order chi connectivity index (χ1) is 14.2. The Kier molecular flexibility index (Phi) is 7.66. The van der Waals surface area contributed by atoms with Crippen molar-refractivity contribution in [2.24, 2.45) is 0 Å². The standard InChI is InChI=1S/C24H30N2O3/c1-4-5-8-17-29-23-12-11-20(18-24(23)28-3)19-25-13-15-26(16-14-25)21-9-6-7-10-22(21)27-2/h1,6-7,9-12,18H,5,8,13-17,19H2,2-3H3. The average molecular weight is 395 g/mol. The molecule has 1 heterocycles. The molecule has 0 aliphatic carbocycles. The zero-order valence-electron chi connectivity index (χ0n) is 17.4. The highest BCUT2D eigenvalue weighted by atomic mass is 16.5. The van der Waals surface area contributed by atoms with Crippen LogP contribution in [-0.4, -0.2) is 51.9 Å². The molecule has 5 nitrogen and oxygen atoms in total. The Labute approximate surface area is 174 Å². The Balaban J connectivity index is 1.55. The summed E-state index contributed by atoms with van der Waals surface area (Å²) in [5.41, 5.74) is 2.39. The van der Waals surface area contributed by atoms with Crippen molar-refractivity contribution in [3.8, 4) is 29.6 Å². The van der Waals surface area contributed by atoms with Crippen molar-refractivity contribution in [1.82, 2.24) is 4.90 Å². The normalized spacial score (nSPS) is 14.3. The van der Waals surface area contributed by atoms with Gasteiger partial charge in [0.1, 0.15) is 5.75 Å². The number of rotatable bonds is 9. The summed E-state index contributed by atoms with van der Waals surface area (Å²) in [5.74, 6) is 5.11. The third kappa shape index (κ3) is 5.58. The smallest absolute Gasteiger partial charge is 0.161 e. The molecule has 0 radical (unpaired) electrons. The lowest BCUT2D eigenvalue weighted by Crippen LogP contribution is -2.46. The SMILES string of the molecule is C#CCCCOc1ccc(CN2CCN(c3ccccc3OC)CC2)cc1OC. The summed E-state index contributed by atoms with van der Waals surface area (Å²) in [6.45, 7) is 5.47. The topological polar surface area (TPSA) is 34.2 Å². The molecule has 0 spiro atoms. The van der Waals surface area contributed by atoms with Gasteiger partial charge < -0.3 is 19.1 Å². The second-order valence-electron chi connectivity index (χ2n) is 7.08. The number of hydrogen-bond acceptors (Lipinski definition) is 5. The van der Waals surface area contributed by atoms with Gasteiger partial charge in [0.2, 0.25) is 0 Å². The Hall–Kier alpha value is -2.84. The number of para-hydroxylation sites is 2. The predicted octanol–water partition coefficient (Wildman–Crippen LogP) is 3.82. The molecule has 1 aliphatic rings. The Morgan fingerprint density at radius 1 is 0.931 bits per heavy atom. The summed E-state index contributed by atoms with van der Waals surface area (Å²) in [5, 5.41) is 0. The highest BCUT2D eigenvalue weighted by molar-refractivity contribution is 5.58. The molecular weight excluding hydrogens is 364 g/mol. The third-order valence-corrected chi connectivity index (χ3v) is 5.16. The van der Waals surface area contributed by atoms with Crippen molar-refractivity contribution in [3.63, 3.8) is 0 Å². The van der Waals surface area contributed by atoms with Crippen LogP contribution >= 0.6 is 0 Å². The average Bonchev–Trinajstić information content (AvgIpc) is 2.78. The maximum Gasteiger partial charge on any atom is 0.161 e. The van der Waals surface area contributed by atoms with Crippen molar-refractivity contribution in [1.29, 1.82) is 0 Å². The first-order valence-corrected chi connectivity index (χ1v) is 10.1. The van der Waals surface area contributed by atoms with E-state index in [0.29, 0.717) is 6.61 Å². The molecule has 29 heavy (non-hydrogen) atoms. The van der Waals surface area contributed by atoms with E-state index in [4.69, 9.17) is 20.6 Å². The van der Waals surface area contributed by atoms with Crippen LogP contribution in [0.25, 0.3) is 0 Å². The number of piperazine rings is 1. The minimum absolute atomic E-state index is 0.602. The fourth-order valence-electron chi connectivity index (χ4n) is 3.58. The molecule has 0 N–H and O–H groups in total. The summed E-state index contributed by atoms with van der Waals surface area (Å²) in [6, 6.07) is 14.4. The van der Waals surface area contributed by atoms with Gasteiger partial charge in [-0.05, 0) is 36.2 Å². The first-order valence-electron chi connectivity index (χ1n) is 10.1. The highest BCUT2D eigenvalue weighted by Gasteiger charge is 2.20. The van der Waals surface area contributed by atoms with Crippen molar-refractivity contribution < 1.29 is 14.2 Å². The van der Waals surface area contributed by atoms with Gasteiger partial charge in [-0.2, -0.15) is 0 Å². The summed E-state index contributed by atoms with van der Waals surface area (Å²) >= 11 is 0. The summed E-state index contributed by atoms with van der Waals surface area (Å²) < 4.78 is 16.8. The van der Waals surface area contributed by atoms with E-state index in [0.717, 1.165) is 62.8 Å². The van der Waals surface area contributed by atoms with Gasteiger partial charge in [0, 0.05) is 39.1 Å². The molecule has 3 rings (SSSR count). The monoisotopic (exact) mass is 394 g/mol. The van der Waals surface area contributed by atoms with E-state index in [1.807, 2.05) is 18.2 Å². The number of anilines is 1. The summed E-state index contributed by atoms with van der Waals surface area (Å²) in [6.07, 6.45) is 6.85. The van der Waals surface area contributed by atoms with Gasteiger partial charge in [-0.25, -0.2) is 0 Å². The van der Waals surface area contributed by atoms with Crippen molar-refractivity contribution in [3.05, 3.63) is 48.0 Å². The molecule has 0 saturated carbocycles. The molecule has 2 aromatic carbocycles. The molecule has 0 unspecified atom stereocenters. The van der Waals surface area contributed by atoms with Crippen LogP contribution in [0.5, 0.6) is 17.2 Å². The van der Waals surface area contributed by atoms with Gasteiger partial charge in [-0.3, -0.25) is 4.90 Å². The Morgan fingerprint density at radius 3 is 2.41 bits per heavy atom. The number of terminal acetylenes is 1. The Morgan fingerprint density at radius 2 is 1.69 bits per heavy atom. The maximum absolute atomic E-state index is 5.81. The van der Waals surface area contributed by atoms with Crippen LogP contribution in [0.15, 0.2) is 42.5 Å². The van der Waals surface area contributed by atoms with Crippen LogP contribution in [-0.2, 0) is 6.54 Å². The lowest BCUT2D eigenvalue weighted by molar-refractivity contribution is 0.248. The molecule has 0 aromatic heterocycles. The summed E-state index contributed by atoms with van der Waals surface area (Å²) in [4.78, 5) is 4.86. The van der Waals surface area contributed by atoms with E-state index in [2.05, 4.69) is 40.0 Å². The number of methoxy groups -OCH3 is 2. The van der Waals surface area contributed by atoms with E-state index in [9.17, 15) is 0 Å². The van der Waals surface area contributed by atoms with Gasteiger partial charge in [-0.1, -0.05) is 18.2 Å². The predicted molar refractivity (Wildman–Crippen MR) is 117 cm³/mol. The van der Waals surface area contributed by atoms with E-state index in [1.165, 1.54) is 11.3 Å². The van der Waals surface area contributed by atoms with Crippen molar-refractivity contribution in [2.75, 3.05) is 51.9 Å². The van der Waals surface area contributed by atoms with Gasteiger partial charge in [0.15, 0.2) is 11.5 Å². The molecule has 0 atom stereocenters. The molecule has 0 amide bonds. The molecule has 0 bridgehead atoms. The number of hydrogen-bond donors (Lipinski definition) is 0. The highest BCUT2D eigenvalue weighted by Crippen LogP contribution is 2.30. The maximum atomic E-state index is 5.81. The molecule has 154 valence electrons. The van der Waals surface area contributed by atoms with E-state index in [-0.39, 0.29) is 0 Å². The van der Waals surface area contributed by atoms with Crippen LogP contribution in [0.3, 0.4) is 0 Å². The quantitative estimate of drug-likeness (QED) is 0.477. The molecule has 2 aromatic rings. The third-order valence-electron chi connectivity index (χ3n) is 5.16. The van der Waals surface area contributed by atoms with Crippen LogP contribution in [0.4, 0.5) is 5.69 Å². The Bertz CT molecular complexity index is 823. The minimum atomic E-state index is 0.602. The van der Waals surface area contributed by atoms with Gasteiger partial charge in [0.05, 0.1) is 26.5 Å². The molecule has 1 fully saturated rings. The zero-order valence-corrected chi connectivity index (χ0v) is 17.4. The number of ether oxygens (including phenoxy) is 3. The molecule has 5 heteroatoms. The lowest BCUT2D eigenvalue weighted by Gasteiger charge is -2.36. The second-order valence-corrected chi connectivity index (χ2v) is 7.08. The van der Waals surface area contributed by atoms with Gasteiger partial charge >= 0.3 is 0 Å². The lowest BCUT2D eigenvalue weighted by atomic mass is 10.1. The van der Waals surface area contributed by atoms with Crippen LogP contribution in [0.1, 0.15) is 18.4 Å². The van der Waals surface area contributed by atoms with E-state index >= 15 is 0 Å². The fourth-order valence-corrected chi connectivity index (χ4v) is 3.58. The van der Waals surface area contributed by atoms with Gasteiger partial charge in [0.25, 0.3) is 0 Å². The number of nitrogens with zero attached hydrogens (tertiary/aromatic N) is 2. The number of benzene rings is 2. The van der Waals surface area contributed by atoms with Crippen LogP contribution in [0.2, 0.25) is 0 Å². The molecular formula is C24H30N2O3. The molecule has 1 saturated heterocycles. The van der Waals surface area contributed by atoms with Crippen LogP contribution in [0, 0.1) is 12.3 Å². The van der Waals surface area contributed by atoms with Crippen molar-refractivity contribution in [2.45, 2.75) is 19.4 Å². The minimum Gasteiger partial charge on any atom is -0.495 e. The van der Waals surface area contributed by atoms with E-state index in [1.54, 1.807) is 14.2 Å². The largest absolute Gasteiger partial charge is 0.495 e. The second kappa shape index (κ2) is 10.6. The van der Waals surface area contributed by atoms with Gasteiger partial charge in [-0.15, -0.1) is 12.3 Å². The molecule has 1 aliphatic heterocycles. The first kappa shape index (κ1) is 20.9. The fraction of sp³-hybridized carbons (Fsp3) is 0.417. The zero-order chi connectivity index (χ0) is 20.5. The van der Waals surface area contributed by atoms with E-state index < -0.39 is 0 Å². The van der Waals surface area contributed by atoms with Crippen LogP contribution < -0.4 is 19.1 Å².